The maximum absolute atomic E-state index is 11.9. The number of phenolic OH excluding ortho intramolecular Hbond substituents is 1. The van der Waals surface area contributed by atoms with Gasteiger partial charge in [-0.05, 0) is 23.6 Å². The van der Waals surface area contributed by atoms with Gasteiger partial charge in [0.15, 0.2) is 0 Å². The molecule has 4 rings (SSSR count). The fraction of sp³-hybridized carbons (Fsp3) is 0.476. The second-order valence-electron chi connectivity index (χ2n) is 8.39. The van der Waals surface area contributed by atoms with Crippen molar-refractivity contribution in [3.05, 3.63) is 40.7 Å². The number of aromatic hydroxyl groups is 1. The number of carboxylic acid groups (broad SMARTS) is 2. The molecule has 30 heavy (non-hydrogen) atoms. The molecule has 3 heterocycles. The van der Waals surface area contributed by atoms with E-state index < -0.39 is 18.2 Å². The SMILES string of the molecule is CC(C)c1ccc(-n2nc3c4c2CCN(C(=O)O)C4CN(C(=O)O)CC3C)c(O)c1. The molecule has 2 aliphatic rings. The van der Waals surface area contributed by atoms with Crippen LogP contribution in [0.1, 0.15) is 61.2 Å². The highest BCUT2D eigenvalue weighted by atomic mass is 16.4. The largest absolute Gasteiger partial charge is 0.506 e. The first-order chi connectivity index (χ1) is 14.2. The van der Waals surface area contributed by atoms with Gasteiger partial charge in [-0.1, -0.05) is 26.8 Å². The molecule has 160 valence electrons. The van der Waals surface area contributed by atoms with E-state index in [9.17, 15) is 24.9 Å². The summed E-state index contributed by atoms with van der Waals surface area (Å²) in [5.41, 5.74) is 3.86. The van der Waals surface area contributed by atoms with Crippen molar-refractivity contribution in [1.29, 1.82) is 0 Å². The van der Waals surface area contributed by atoms with Gasteiger partial charge in [0.25, 0.3) is 0 Å². The van der Waals surface area contributed by atoms with Gasteiger partial charge >= 0.3 is 12.2 Å². The van der Waals surface area contributed by atoms with Gasteiger partial charge in [-0.3, -0.25) is 4.90 Å². The summed E-state index contributed by atoms with van der Waals surface area (Å²) in [4.78, 5) is 26.1. The molecule has 2 amide bonds. The van der Waals surface area contributed by atoms with Gasteiger partial charge in [0, 0.05) is 37.5 Å². The van der Waals surface area contributed by atoms with Gasteiger partial charge in [-0.15, -0.1) is 0 Å². The van der Waals surface area contributed by atoms with Crippen LogP contribution >= 0.6 is 0 Å². The molecule has 9 nitrogen and oxygen atoms in total. The molecular formula is C21H26N4O5. The molecule has 0 saturated heterocycles. The van der Waals surface area contributed by atoms with Gasteiger partial charge in [-0.25, -0.2) is 14.3 Å². The van der Waals surface area contributed by atoms with Crippen molar-refractivity contribution < 1.29 is 24.9 Å². The topological polar surface area (TPSA) is 119 Å². The van der Waals surface area contributed by atoms with Gasteiger partial charge in [0.05, 0.1) is 17.4 Å². The Balaban J connectivity index is 1.87. The number of benzene rings is 1. The van der Waals surface area contributed by atoms with Crippen molar-refractivity contribution >= 4 is 12.2 Å². The average Bonchev–Trinajstić information content (AvgIpc) is 2.99. The Morgan fingerprint density at radius 3 is 2.50 bits per heavy atom. The molecule has 2 aromatic rings. The summed E-state index contributed by atoms with van der Waals surface area (Å²) in [6.07, 6.45) is -1.70. The first-order valence-electron chi connectivity index (χ1n) is 10.1. The molecule has 1 aromatic carbocycles. The minimum Gasteiger partial charge on any atom is -0.506 e. The molecule has 3 N–H and O–H groups in total. The Hall–Kier alpha value is -3.23. The number of phenols is 1. The fourth-order valence-corrected chi connectivity index (χ4v) is 4.54. The first-order valence-corrected chi connectivity index (χ1v) is 10.1. The molecule has 2 aliphatic heterocycles. The normalized spacial score (nSPS) is 20.8. The lowest BCUT2D eigenvalue weighted by Crippen LogP contribution is -2.45. The highest BCUT2D eigenvalue weighted by molar-refractivity contribution is 5.69. The predicted octanol–water partition coefficient (Wildman–Crippen LogP) is 3.38. The van der Waals surface area contributed by atoms with Gasteiger partial charge in [-0.2, -0.15) is 5.10 Å². The molecule has 9 heteroatoms. The van der Waals surface area contributed by atoms with E-state index in [0.717, 1.165) is 16.8 Å². The summed E-state index contributed by atoms with van der Waals surface area (Å²) in [5.74, 6) is 0.187. The maximum Gasteiger partial charge on any atom is 0.407 e. The van der Waals surface area contributed by atoms with Gasteiger partial charge in [0.1, 0.15) is 11.4 Å². The monoisotopic (exact) mass is 414 g/mol. The zero-order chi connectivity index (χ0) is 21.7. The zero-order valence-corrected chi connectivity index (χ0v) is 17.2. The summed E-state index contributed by atoms with van der Waals surface area (Å²) in [5, 5.41) is 34.7. The number of hydrogen-bond donors (Lipinski definition) is 3. The van der Waals surface area contributed by atoms with Crippen LogP contribution in [0.2, 0.25) is 0 Å². The first kappa shape index (κ1) is 20.1. The lowest BCUT2D eigenvalue weighted by atomic mass is 9.93. The van der Waals surface area contributed by atoms with E-state index in [-0.39, 0.29) is 37.2 Å². The number of nitrogens with zero attached hydrogens (tertiary/aromatic N) is 4. The number of hydrogen-bond acceptors (Lipinski definition) is 4. The van der Waals surface area contributed by atoms with E-state index in [2.05, 4.69) is 13.8 Å². The van der Waals surface area contributed by atoms with Crippen LogP contribution in [0.3, 0.4) is 0 Å². The molecule has 0 spiro atoms. The summed E-state index contributed by atoms with van der Waals surface area (Å²) in [6, 6.07) is 4.91. The molecular weight excluding hydrogens is 388 g/mol. The van der Waals surface area contributed by atoms with E-state index in [1.165, 1.54) is 9.80 Å². The number of amides is 2. The molecule has 0 saturated carbocycles. The Morgan fingerprint density at radius 2 is 1.90 bits per heavy atom. The van der Waals surface area contributed by atoms with Crippen molar-refractivity contribution in [2.45, 2.75) is 45.1 Å². The molecule has 0 bridgehead atoms. The van der Waals surface area contributed by atoms with Crippen LogP contribution in [-0.4, -0.2) is 66.7 Å². The van der Waals surface area contributed by atoms with E-state index in [0.29, 0.717) is 17.8 Å². The van der Waals surface area contributed by atoms with E-state index in [4.69, 9.17) is 5.10 Å². The highest BCUT2D eigenvalue weighted by Gasteiger charge is 2.42. The summed E-state index contributed by atoms with van der Waals surface area (Å²) in [6.45, 7) is 6.54. The van der Waals surface area contributed by atoms with Crippen LogP contribution in [0.25, 0.3) is 5.69 Å². The van der Waals surface area contributed by atoms with Crippen LogP contribution in [0.5, 0.6) is 5.75 Å². The average molecular weight is 414 g/mol. The standard InChI is InChI=1S/C21H26N4O5/c1-11(2)13-4-5-14(17(26)8-13)25-15-6-7-24(21(29)30)16-10-23(20(27)28)9-12(3)19(22-25)18(15)16/h4-5,8,11-12,16,26H,6-7,9-10H2,1-3H3,(H,27,28)(H,29,30). The third-order valence-corrected chi connectivity index (χ3v) is 6.11. The molecule has 2 unspecified atom stereocenters. The van der Waals surface area contributed by atoms with Crippen LogP contribution in [0.4, 0.5) is 9.59 Å². The number of aromatic nitrogens is 2. The number of carbonyl (C=O) groups is 2. The van der Waals surface area contributed by atoms with Crippen molar-refractivity contribution in [1.82, 2.24) is 19.6 Å². The van der Waals surface area contributed by atoms with E-state index in [1.807, 2.05) is 19.1 Å². The van der Waals surface area contributed by atoms with Crippen LogP contribution in [0.15, 0.2) is 18.2 Å². The van der Waals surface area contributed by atoms with Crippen molar-refractivity contribution in [2.75, 3.05) is 19.6 Å². The van der Waals surface area contributed by atoms with Crippen molar-refractivity contribution in [3.8, 4) is 11.4 Å². The lowest BCUT2D eigenvalue weighted by Gasteiger charge is -2.35. The fourth-order valence-electron chi connectivity index (χ4n) is 4.54. The smallest absolute Gasteiger partial charge is 0.407 e. The minimum atomic E-state index is -1.08. The Kier molecular flexibility index (Phi) is 4.83. The second kappa shape index (κ2) is 7.23. The third-order valence-electron chi connectivity index (χ3n) is 6.11. The van der Waals surface area contributed by atoms with Crippen molar-refractivity contribution in [2.24, 2.45) is 0 Å². The highest BCUT2D eigenvalue weighted by Crippen LogP contribution is 2.41. The molecule has 0 radical (unpaired) electrons. The maximum atomic E-state index is 11.9. The molecule has 2 atom stereocenters. The number of rotatable bonds is 2. The van der Waals surface area contributed by atoms with Gasteiger partial charge < -0.3 is 20.2 Å². The second-order valence-corrected chi connectivity index (χ2v) is 8.39. The summed E-state index contributed by atoms with van der Waals surface area (Å²) < 4.78 is 1.71. The van der Waals surface area contributed by atoms with Gasteiger partial charge in [0.2, 0.25) is 0 Å². The Labute approximate surface area is 174 Å². The minimum absolute atomic E-state index is 0.0654. The van der Waals surface area contributed by atoms with E-state index >= 15 is 0 Å². The molecule has 0 fully saturated rings. The Morgan fingerprint density at radius 1 is 1.17 bits per heavy atom. The summed E-state index contributed by atoms with van der Waals surface area (Å²) in [7, 11) is 0. The van der Waals surface area contributed by atoms with Crippen molar-refractivity contribution in [3.63, 3.8) is 0 Å². The van der Waals surface area contributed by atoms with Crippen LogP contribution < -0.4 is 0 Å². The predicted molar refractivity (Wildman–Crippen MR) is 109 cm³/mol. The van der Waals surface area contributed by atoms with Crippen LogP contribution in [-0.2, 0) is 6.42 Å². The zero-order valence-electron chi connectivity index (χ0n) is 17.2. The van der Waals surface area contributed by atoms with E-state index in [1.54, 1.807) is 10.7 Å². The molecule has 0 aliphatic carbocycles. The third kappa shape index (κ3) is 3.14. The summed E-state index contributed by atoms with van der Waals surface area (Å²) >= 11 is 0. The lowest BCUT2D eigenvalue weighted by molar-refractivity contribution is 0.0953. The molecule has 1 aromatic heterocycles. The Bertz CT molecular complexity index is 1020. The quantitative estimate of drug-likeness (QED) is 0.693. The van der Waals surface area contributed by atoms with Crippen LogP contribution in [0, 0.1) is 0 Å².